The number of amides is 1. The van der Waals surface area contributed by atoms with Gasteiger partial charge in [-0.05, 0) is 25.1 Å². The Morgan fingerprint density at radius 1 is 1.20 bits per heavy atom. The number of nitrogens with zero attached hydrogens (tertiary/aromatic N) is 4. The molecule has 0 fully saturated rings. The molecule has 0 aliphatic rings. The van der Waals surface area contributed by atoms with Gasteiger partial charge in [0.1, 0.15) is 5.69 Å². The Morgan fingerprint density at radius 3 is 2.56 bits per heavy atom. The lowest BCUT2D eigenvalue weighted by atomic mass is 10.3. The predicted molar refractivity (Wildman–Crippen MR) is 96.6 cm³/mol. The monoisotopic (exact) mass is 337 g/mol. The minimum absolute atomic E-state index is 0.269. The number of aryl methyl sites for hydroxylation is 1. The second kappa shape index (κ2) is 6.64. The van der Waals surface area contributed by atoms with E-state index >= 15 is 0 Å². The standard InChI is InChI=1S/C18H19N5O2/c1-13-17(20-16(24)10-9-14-11-19-21(2)12-14)18(25)23(22(13)3)15-7-5-4-6-8-15/h4-12H,1-3H3,(H,20,24)/b10-9+. The summed E-state index contributed by atoms with van der Waals surface area (Å²) in [6, 6.07) is 9.29. The van der Waals surface area contributed by atoms with Crippen LogP contribution in [0.2, 0.25) is 0 Å². The van der Waals surface area contributed by atoms with Crippen molar-refractivity contribution in [3.8, 4) is 5.69 Å². The second-order valence-corrected chi connectivity index (χ2v) is 5.71. The molecule has 1 N–H and O–H groups in total. The third-order valence-electron chi connectivity index (χ3n) is 3.95. The molecule has 1 aromatic carbocycles. The van der Waals surface area contributed by atoms with Gasteiger partial charge in [-0.2, -0.15) is 5.10 Å². The highest BCUT2D eigenvalue weighted by molar-refractivity contribution is 6.02. The summed E-state index contributed by atoms with van der Waals surface area (Å²) in [5.74, 6) is -0.366. The Bertz CT molecular complexity index is 992. The van der Waals surface area contributed by atoms with Crippen molar-refractivity contribution < 1.29 is 4.79 Å². The van der Waals surface area contributed by atoms with Crippen LogP contribution in [0.15, 0.2) is 53.6 Å². The molecule has 1 amide bonds. The van der Waals surface area contributed by atoms with E-state index in [1.165, 1.54) is 10.8 Å². The quantitative estimate of drug-likeness (QED) is 0.739. The van der Waals surface area contributed by atoms with Crippen LogP contribution in [0.3, 0.4) is 0 Å². The SMILES string of the molecule is Cc1c(NC(=O)/C=C/c2cnn(C)c2)c(=O)n(-c2ccccc2)n1C. The lowest BCUT2D eigenvalue weighted by Crippen LogP contribution is -2.22. The van der Waals surface area contributed by atoms with Crippen LogP contribution in [-0.2, 0) is 18.9 Å². The summed E-state index contributed by atoms with van der Waals surface area (Å²) >= 11 is 0. The van der Waals surface area contributed by atoms with Gasteiger partial charge < -0.3 is 5.32 Å². The van der Waals surface area contributed by atoms with E-state index < -0.39 is 0 Å². The molecule has 7 heteroatoms. The first-order valence-electron chi connectivity index (χ1n) is 7.79. The van der Waals surface area contributed by atoms with Crippen molar-refractivity contribution in [3.63, 3.8) is 0 Å². The normalized spacial score (nSPS) is 11.2. The molecule has 25 heavy (non-hydrogen) atoms. The topological polar surface area (TPSA) is 73.8 Å². The minimum Gasteiger partial charge on any atom is -0.316 e. The Kier molecular flexibility index (Phi) is 4.38. The van der Waals surface area contributed by atoms with E-state index in [1.54, 1.807) is 48.9 Å². The minimum atomic E-state index is -0.366. The highest BCUT2D eigenvalue weighted by atomic mass is 16.2. The van der Waals surface area contributed by atoms with E-state index in [-0.39, 0.29) is 17.2 Å². The second-order valence-electron chi connectivity index (χ2n) is 5.71. The maximum atomic E-state index is 12.7. The van der Waals surface area contributed by atoms with Crippen LogP contribution < -0.4 is 10.9 Å². The van der Waals surface area contributed by atoms with Gasteiger partial charge >= 0.3 is 0 Å². The summed E-state index contributed by atoms with van der Waals surface area (Å²) in [5, 5.41) is 6.71. The van der Waals surface area contributed by atoms with Gasteiger partial charge in [0.2, 0.25) is 5.91 Å². The molecule has 3 rings (SSSR count). The van der Waals surface area contributed by atoms with Crippen molar-refractivity contribution in [2.24, 2.45) is 14.1 Å². The van der Waals surface area contributed by atoms with Crippen molar-refractivity contribution in [2.75, 3.05) is 5.32 Å². The molecule has 3 aromatic rings. The van der Waals surface area contributed by atoms with Crippen LogP contribution in [0.25, 0.3) is 11.8 Å². The molecule has 2 heterocycles. The molecule has 2 aromatic heterocycles. The van der Waals surface area contributed by atoms with E-state index in [2.05, 4.69) is 10.4 Å². The van der Waals surface area contributed by atoms with Crippen LogP contribution in [-0.4, -0.2) is 25.1 Å². The number of hydrogen-bond donors (Lipinski definition) is 1. The highest BCUT2D eigenvalue weighted by Gasteiger charge is 2.17. The fourth-order valence-electron chi connectivity index (χ4n) is 2.58. The summed E-state index contributed by atoms with van der Waals surface area (Å²) in [4.78, 5) is 24.9. The van der Waals surface area contributed by atoms with Crippen molar-refractivity contribution in [1.29, 1.82) is 0 Å². The summed E-state index contributed by atoms with van der Waals surface area (Å²) in [6.07, 6.45) is 6.48. The molecule has 0 bridgehead atoms. The van der Waals surface area contributed by atoms with Crippen LogP contribution >= 0.6 is 0 Å². The van der Waals surface area contributed by atoms with Crippen LogP contribution in [0.4, 0.5) is 5.69 Å². The number of para-hydroxylation sites is 1. The first-order valence-corrected chi connectivity index (χ1v) is 7.79. The average molecular weight is 337 g/mol. The lowest BCUT2D eigenvalue weighted by molar-refractivity contribution is -0.111. The summed E-state index contributed by atoms with van der Waals surface area (Å²) in [7, 11) is 3.58. The average Bonchev–Trinajstić information content (AvgIpc) is 3.11. The smallest absolute Gasteiger partial charge is 0.295 e. The van der Waals surface area contributed by atoms with Gasteiger partial charge in [-0.15, -0.1) is 0 Å². The molecule has 0 spiro atoms. The van der Waals surface area contributed by atoms with Crippen molar-refractivity contribution >= 4 is 17.7 Å². The van der Waals surface area contributed by atoms with Gasteiger partial charge in [0.25, 0.3) is 5.56 Å². The maximum Gasteiger partial charge on any atom is 0.295 e. The largest absolute Gasteiger partial charge is 0.316 e. The van der Waals surface area contributed by atoms with Crippen LogP contribution in [0.5, 0.6) is 0 Å². The molecular formula is C18H19N5O2. The molecule has 0 saturated carbocycles. The molecule has 0 aliphatic heterocycles. The molecule has 0 unspecified atom stereocenters. The van der Waals surface area contributed by atoms with Gasteiger partial charge in [0.05, 0.1) is 17.6 Å². The number of carbonyl (C=O) groups is 1. The Hall–Kier alpha value is -3.35. The van der Waals surface area contributed by atoms with Crippen molar-refractivity contribution in [1.82, 2.24) is 19.1 Å². The van der Waals surface area contributed by atoms with Gasteiger partial charge in [0.15, 0.2) is 0 Å². The third kappa shape index (κ3) is 3.30. The zero-order chi connectivity index (χ0) is 18.0. The van der Waals surface area contributed by atoms with Crippen molar-refractivity contribution in [2.45, 2.75) is 6.92 Å². The van der Waals surface area contributed by atoms with Gasteiger partial charge in [-0.3, -0.25) is 19.0 Å². The third-order valence-corrected chi connectivity index (χ3v) is 3.95. The zero-order valence-electron chi connectivity index (χ0n) is 14.3. The molecule has 0 radical (unpaired) electrons. The number of nitrogens with one attached hydrogen (secondary N) is 1. The molecule has 7 nitrogen and oxygen atoms in total. The first kappa shape index (κ1) is 16.5. The van der Waals surface area contributed by atoms with E-state index in [9.17, 15) is 9.59 Å². The molecule has 0 aliphatic carbocycles. The van der Waals surface area contributed by atoms with Crippen LogP contribution in [0, 0.1) is 6.92 Å². The molecule has 0 atom stereocenters. The van der Waals surface area contributed by atoms with E-state index in [1.807, 2.05) is 30.3 Å². The number of rotatable bonds is 4. The maximum absolute atomic E-state index is 12.7. The summed E-state index contributed by atoms with van der Waals surface area (Å²) in [6.45, 7) is 1.79. The Labute approximate surface area is 144 Å². The van der Waals surface area contributed by atoms with Gasteiger partial charge in [0, 0.05) is 31.9 Å². The summed E-state index contributed by atoms with van der Waals surface area (Å²) < 4.78 is 4.89. The van der Waals surface area contributed by atoms with E-state index in [0.717, 1.165) is 11.3 Å². The number of hydrogen-bond acceptors (Lipinski definition) is 3. The van der Waals surface area contributed by atoms with E-state index in [4.69, 9.17) is 0 Å². The van der Waals surface area contributed by atoms with Crippen LogP contribution in [0.1, 0.15) is 11.3 Å². The molecular weight excluding hydrogens is 318 g/mol. The highest BCUT2D eigenvalue weighted by Crippen LogP contribution is 2.14. The Balaban J connectivity index is 1.87. The van der Waals surface area contributed by atoms with E-state index in [0.29, 0.717) is 5.69 Å². The first-order chi connectivity index (χ1) is 12.0. The van der Waals surface area contributed by atoms with Gasteiger partial charge in [-0.25, -0.2) is 4.68 Å². The fraction of sp³-hybridized carbons (Fsp3) is 0.167. The number of aromatic nitrogens is 4. The number of carbonyl (C=O) groups excluding carboxylic acids is 1. The van der Waals surface area contributed by atoms with Gasteiger partial charge in [-0.1, -0.05) is 18.2 Å². The predicted octanol–water partition coefficient (Wildman–Crippen LogP) is 1.87. The lowest BCUT2D eigenvalue weighted by Gasteiger charge is -2.07. The zero-order valence-corrected chi connectivity index (χ0v) is 14.3. The van der Waals surface area contributed by atoms with Crippen molar-refractivity contribution in [3.05, 3.63) is 70.4 Å². The number of benzene rings is 1. The molecule has 0 saturated heterocycles. The number of anilines is 1. The Morgan fingerprint density at radius 2 is 1.92 bits per heavy atom. The fourth-order valence-corrected chi connectivity index (χ4v) is 2.58. The summed E-state index contributed by atoms with van der Waals surface area (Å²) in [5.41, 5.74) is 2.23. The molecule has 128 valence electrons.